The molecule has 1 aliphatic rings. The van der Waals surface area contributed by atoms with Gasteiger partial charge in [0.05, 0.1) is 18.5 Å². The molecular formula is C10H10ClNO3S. The molecule has 0 N–H and O–H groups in total. The van der Waals surface area contributed by atoms with Gasteiger partial charge in [0.1, 0.15) is 5.38 Å². The van der Waals surface area contributed by atoms with Gasteiger partial charge in [0.2, 0.25) is 10.0 Å². The normalized spacial score (nSPS) is 20.8. The number of hydrogen-bond donors (Lipinski definition) is 0. The Kier molecular flexibility index (Phi) is 2.67. The lowest BCUT2D eigenvalue weighted by molar-refractivity contribution is 0.0986. The van der Waals surface area contributed by atoms with Crippen LogP contribution in [0.25, 0.3) is 0 Å². The fraction of sp³-hybridized carbons (Fsp3) is 0.300. The third-order valence-corrected chi connectivity index (χ3v) is 3.93. The number of fused-ring (bicyclic) bond motifs is 1. The van der Waals surface area contributed by atoms with Crippen molar-refractivity contribution in [1.82, 2.24) is 0 Å². The van der Waals surface area contributed by atoms with Crippen molar-refractivity contribution in [3.8, 4) is 0 Å². The van der Waals surface area contributed by atoms with E-state index in [9.17, 15) is 13.2 Å². The molecule has 86 valence electrons. The van der Waals surface area contributed by atoms with E-state index < -0.39 is 15.4 Å². The number of ketones is 1. The summed E-state index contributed by atoms with van der Waals surface area (Å²) in [4.78, 5) is 11.7. The number of benzene rings is 1. The van der Waals surface area contributed by atoms with Gasteiger partial charge in [0.15, 0.2) is 5.78 Å². The summed E-state index contributed by atoms with van der Waals surface area (Å²) in [5, 5.41) is -0.815. The van der Waals surface area contributed by atoms with Crippen LogP contribution in [0.3, 0.4) is 0 Å². The van der Waals surface area contributed by atoms with E-state index in [0.29, 0.717) is 11.3 Å². The van der Waals surface area contributed by atoms with Gasteiger partial charge >= 0.3 is 0 Å². The summed E-state index contributed by atoms with van der Waals surface area (Å²) in [7, 11) is -3.40. The van der Waals surface area contributed by atoms with Crippen LogP contribution in [0.2, 0.25) is 0 Å². The van der Waals surface area contributed by atoms with Crippen LogP contribution in [0.15, 0.2) is 24.3 Å². The molecule has 1 heterocycles. The van der Waals surface area contributed by atoms with Gasteiger partial charge in [-0.25, -0.2) is 8.42 Å². The number of sulfonamides is 1. The van der Waals surface area contributed by atoms with E-state index in [1.54, 1.807) is 24.3 Å². The highest BCUT2D eigenvalue weighted by Crippen LogP contribution is 2.30. The third kappa shape index (κ3) is 1.81. The van der Waals surface area contributed by atoms with Crippen molar-refractivity contribution in [1.29, 1.82) is 0 Å². The summed E-state index contributed by atoms with van der Waals surface area (Å²) < 4.78 is 24.3. The van der Waals surface area contributed by atoms with Crippen molar-refractivity contribution < 1.29 is 13.2 Å². The van der Waals surface area contributed by atoms with E-state index >= 15 is 0 Å². The fourth-order valence-corrected chi connectivity index (χ4v) is 2.98. The Morgan fingerprint density at radius 1 is 1.38 bits per heavy atom. The number of carbonyl (C=O) groups excluding carboxylic acids is 1. The summed E-state index contributed by atoms with van der Waals surface area (Å²) in [5.41, 5.74) is 0.770. The Morgan fingerprint density at radius 2 is 2.00 bits per heavy atom. The lowest BCUT2D eigenvalue weighted by atomic mass is 10.0. The number of nitrogens with zero attached hydrogens (tertiary/aromatic N) is 1. The first-order valence-corrected chi connectivity index (χ1v) is 6.95. The monoisotopic (exact) mass is 259 g/mol. The molecule has 1 aliphatic heterocycles. The number of anilines is 1. The van der Waals surface area contributed by atoms with Crippen LogP contribution in [0.4, 0.5) is 5.69 Å². The number of halogens is 1. The number of rotatable bonds is 1. The van der Waals surface area contributed by atoms with E-state index in [1.165, 1.54) is 4.31 Å². The van der Waals surface area contributed by atoms with Gasteiger partial charge in [-0.1, -0.05) is 12.1 Å². The molecule has 0 aromatic heterocycles. The summed E-state index contributed by atoms with van der Waals surface area (Å²) in [6.45, 7) is -0.00373. The topological polar surface area (TPSA) is 54.5 Å². The van der Waals surface area contributed by atoms with Crippen LogP contribution in [-0.2, 0) is 10.0 Å². The third-order valence-electron chi connectivity index (χ3n) is 2.45. The molecule has 1 aromatic carbocycles. The van der Waals surface area contributed by atoms with Crippen molar-refractivity contribution in [3.63, 3.8) is 0 Å². The van der Waals surface area contributed by atoms with Gasteiger partial charge in [-0.05, 0) is 12.1 Å². The standard InChI is InChI=1S/C10H10ClNO3S/c1-16(14,15)12-6-8(11)10(13)7-4-2-3-5-9(7)12/h2-5,8H,6H2,1H3. The minimum Gasteiger partial charge on any atom is -0.292 e. The van der Waals surface area contributed by atoms with E-state index in [0.717, 1.165) is 6.26 Å². The Bertz CT molecular complexity index is 541. The molecule has 0 bridgehead atoms. The quantitative estimate of drug-likeness (QED) is 0.714. The van der Waals surface area contributed by atoms with Gasteiger partial charge in [0, 0.05) is 5.56 Å². The minimum atomic E-state index is -3.40. The minimum absolute atomic E-state index is 0.00373. The summed E-state index contributed by atoms with van der Waals surface area (Å²) in [5.74, 6) is -0.225. The number of hydrogen-bond acceptors (Lipinski definition) is 3. The van der Waals surface area contributed by atoms with Gasteiger partial charge in [0.25, 0.3) is 0 Å². The smallest absolute Gasteiger partial charge is 0.232 e. The van der Waals surface area contributed by atoms with Gasteiger partial charge in [-0.2, -0.15) is 0 Å². The number of alkyl halides is 1. The number of Topliss-reactive ketones (excluding diaryl/α,β-unsaturated/α-hetero) is 1. The molecule has 0 amide bonds. The second-order valence-corrected chi connectivity index (χ2v) is 6.08. The lowest BCUT2D eigenvalue weighted by Crippen LogP contribution is -2.43. The molecule has 16 heavy (non-hydrogen) atoms. The van der Waals surface area contributed by atoms with Crippen molar-refractivity contribution in [3.05, 3.63) is 29.8 Å². The highest BCUT2D eigenvalue weighted by Gasteiger charge is 2.34. The van der Waals surface area contributed by atoms with Gasteiger partial charge in [-0.15, -0.1) is 11.6 Å². The lowest BCUT2D eigenvalue weighted by Gasteiger charge is -2.30. The SMILES string of the molecule is CS(=O)(=O)N1CC(Cl)C(=O)c2ccccc21. The molecule has 1 unspecified atom stereocenters. The second kappa shape index (κ2) is 3.75. The molecule has 0 saturated carbocycles. The molecule has 2 rings (SSSR count). The first-order chi connectivity index (χ1) is 7.41. The summed E-state index contributed by atoms with van der Waals surface area (Å²) in [6, 6.07) is 6.58. The second-order valence-electron chi connectivity index (χ2n) is 3.64. The Labute approximate surface area is 98.9 Å². The largest absolute Gasteiger partial charge is 0.292 e. The molecule has 0 radical (unpaired) electrons. The van der Waals surface area contributed by atoms with E-state index in [1.807, 2.05) is 0 Å². The predicted octanol–water partition coefficient (Wildman–Crippen LogP) is 1.26. The summed E-state index contributed by atoms with van der Waals surface area (Å²) in [6.07, 6.45) is 1.10. The van der Waals surface area contributed by atoms with Gasteiger partial charge in [-0.3, -0.25) is 9.10 Å². The first-order valence-electron chi connectivity index (χ1n) is 4.66. The predicted molar refractivity (Wildman–Crippen MR) is 62.6 cm³/mol. The Morgan fingerprint density at radius 3 is 2.62 bits per heavy atom. The number of para-hydroxylation sites is 1. The maximum atomic E-state index is 11.7. The van der Waals surface area contributed by atoms with E-state index in [-0.39, 0.29) is 12.3 Å². The molecule has 4 nitrogen and oxygen atoms in total. The zero-order valence-corrected chi connectivity index (χ0v) is 10.1. The zero-order valence-electron chi connectivity index (χ0n) is 8.55. The van der Waals surface area contributed by atoms with E-state index in [2.05, 4.69) is 0 Å². The highest BCUT2D eigenvalue weighted by atomic mass is 35.5. The molecule has 6 heteroatoms. The van der Waals surface area contributed by atoms with Crippen LogP contribution in [0, 0.1) is 0 Å². The van der Waals surface area contributed by atoms with Crippen LogP contribution in [-0.4, -0.2) is 32.4 Å². The first kappa shape index (κ1) is 11.4. The molecule has 0 fully saturated rings. The summed E-state index contributed by atoms with van der Waals surface area (Å²) >= 11 is 5.84. The van der Waals surface area contributed by atoms with Crippen LogP contribution >= 0.6 is 11.6 Å². The molecule has 0 aliphatic carbocycles. The fourth-order valence-electron chi connectivity index (χ4n) is 1.71. The van der Waals surface area contributed by atoms with E-state index in [4.69, 9.17) is 11.6 Å². The average Bonchev–Trinajstić information content (AvgIpc) is 2.22. The maximum Gasteiger partial charge on any atom is 0.232 e. The zero-order chi connectivity index (χ0) is 11.9. The molecule has 0 saturated heterocycles. The number of carbonyl (C=O) groups is 1. The Hall–Kier alpha value is -1.07. The Balaban J connectivity index is 2.62. The van der Waals surface area contributed by atoms with Crippen LogP contribution < -0.4 is 4.31 Å². The van der Waals surface area contributed by atoms with Gasteiger partial charge < -0.3 is 0 Å². The van der Waals surface area contributed by atoms with Crippen LogP contribution in [0.1, 0.15) is 10.4 Å². The van der Waals surface area contributed by atoms with Crippen molar-refractivity contribution in [2.45, 2.75) is 5.38 Å². The molecule has 1 atom stereocenters. The maximum absolute atomic E-state index is 11.7. The van der Waals surface area contributed by atoms with Crippen molar-refractivity contribution >= 4 is 33.1 Å². The highest BCUT2D eigenvalue weighted by molar-refractivity contribution is 7.92. The average molecular weight is 260 g/mol. The molecule has 1 aromatic rings. The van der Waals surface area contributed by atoms with Crippen molar-refractivity contribution in [2.75, 3.05) is 17.1 Å². The molecular weight excluding hydrogens is 250 g/mol. The molecule has 0 spiro atoms. The van der Waals surface area contributed by atoms with Crippen LogP contribution in [0.5, 0.6) is 0 Å². The van der Waals surface area contributed by atoms with Crippen molar-refractivity contribution in [2.24, 2.45) is 0 Å².